The Kier molecular flexibility index (Phi) is 7.50. The highest BCUT2D eigenvalue weighted by molar-refractivity contribution is 5.77. The van der Waals surface area contributed by atoms with Crippen LogP contribution in [0.4, 0.5) is 13.2 Å². The van der Waals surface area contributed by atoms with Gasteiger partial charge in [-0.15, -0.1) is 0 Å². The van der Waals surface area contributed by atoms with Crippen molar-refractivity contribution in [2.45, 2.75) is 13.1 Å². The molecule has 0 aliphatic rings. The summed E-state index contributed by atoms with van der Waals surface area (Å²) < 4.78 is 48.8. The van der Waals surface area contributed by atoms with E-state index in [2.05, 4.69) is 17.2 Å². The van der Waals surface area contributed by atoms with Gasteiger partial charge in [0.25, 0.3) is 5.91 Å². The first-order valence-corrected chi connectivity index (χ1v) is 8.56. The Morgan fingerprint density at radius 2 is 1.90 bits per heavy atom. The lowest BCUT2D eigenvalue weighted by molar-refractivity contribution is -0.137. The van der Waals surface area contributed by atoms with Crippen LogP contribution in [0.25, 0.3) is 0 Å². The third-order valence-electron chi connectivity index (χ3n) is 3.53. The molecule has 150 valence electrons. The molecule has 0 aliphatic heterocycles. The Bertz CT molecular complexity index is 970. The van der Waals surface area contributed by atoms with E-state index in [-0.39, 0.29) is 18.7 Å². The molecule has 0 aromatic heterocycles. The van der Waals surface area contributed by atoms with Crippen LogP contribution in [0, 0.1) is 23.2 Å². The number of ether oxygens (including phenoxy) is 2. The van der Waals surface area contributed by atoms with E-state index in [4.69, 9.17) is 14.7 Å². The molecular formula is C21H17F3N2O3. The molecule has 1 amide bonds. The van der Waals surface area contributed by atoms with Gasteiger partial charge < -0.3 is 14.8 Å². The average molecular weight is 402 g/mol. The molecule has 1 N–H and O–H groups in total. The van der Waals surface area contributed by atoms with Crippen LogP contribution in [0.5, 0.6) is 11.5 Å². The summed E-state index contributed by atoms with van der Waals surface area (Å²) in [6.07, 6.45) is -4.44. The van der Waals surface area contributed by atoms with Gasteiger partial charge in [0.05, 0.1) is 30.3 Å². The van der Waals surface area contributed by atoms with Gasteiger partial charge in [-0.3, -0.25) is 4.79 Å². The van der Waals surface area contributed by atoms with Crippen molar-refractivity contribution in [3.8, 4) is 29.4 Å². The van der Waals surface area contributed by atoms with Crippen LogP contribution in [-0.2, 0) is 11.0 Å². The van der Waals surface area contributed by atoms with Gasteiger partial charge >= 0.3 is 6.18 Å². The standard InChI is InChI=1S/C21H17F3N2O3/c1-2-28-19-12-16(13-25)8-9-18(19)29-14-20(27)26-10-4-6-15-5-3-7-17(11-15)21(22,23)24/h3,5,7-9,11-12H,2,10,14H2,1H3,(H,26,27). The largest absolute Gasteiger partial charge is 0.490 e. The number of halogens is 3. The zero-order valence-corrected chi connectivity index (χ0v) is 15.5. The molecule has 0 bridgehead atoms. The van der Waals surface area contributed by atoms with Crippen LogP contribution in [-0.4, -0.2) is 25.7 Å². The first-order chi connectivity index (χ1) is 13.8. The molecule has 0 unspecified atom stereocenters. The minimum Gasteiger partial charge on any atom is -0.490 e. The summed E-state index contributed by atoms with van der Waals surface area (Å²) in [5.74, 6) is 5.36. The van der Waals surface area contributed by atoms with Gasteiger partial charge in [-0.1, -0.05) is 17.9 Å². The SMILES string of the molecule is CCOc1cc(C#N)ccc1OCC(=O)NCC#Cc1cccc(C(F)(F)F)c1. The molecule has 8 heteroatoms. The number of carbonyl (C=O) groups is 1. The van der Waals surface area contributed by atoms with E-state index in [1.165, 1.54) is 30.3 Å². The molecule has 0 saturated carbocycles. The lowest BCUT2D eigenvalue weighted by Gasteiger charge is -2.11. The van der Waals surface area contributed by atoms with Gasteiger partial charge in [0, 0.05) is 11.6 Å². The predicted molar refractivity (Wildman–Crippen MR) is 99.2 cm³/mol. The number of hydrogen-bond donors (Lipinski definition) is 1. The molecule has 0 radical (unpaired) electrons. The minimum atomic E-state index is -4.44. The van der Waals surface area contributed by atoms with Gasteiger partial charge in [0.2, 0.25) is 0 Å². The zero-order valence-electron chi connectivity index (χ0n) is 15.5. The summed E-state index contributed by atoms with van der Waals surface area (Å²) >= 11 is 0. The Morgan fingerprint density at radius 3 is 2.59 bits per heavy atom. The van der Waals surface area contributed by atoms with E-state index in [9.17, 15) is 18.0 Å². The van der Waals surface area contributed by atoms with Gasteiger partial charge in [-0.2, -0.15) is 18.4 Å². The van der Waals surface area contributed by atoms with E-state index < -0.39 is 17.6 Å². The molecule has 29 heavy (non-hydrogen) atoms. The van der Waals surface area contributed by atoms with Gasteiger partial charge in [-0.05, 0) is 37.3 Å². The number of amides is 1. The highest BCUT2D eigenvalue weighted by Gasteiger charge is 2.30. The molecular weight excluding hydrogens is 385 g/mol. The maximum absolute atomic E-state index is 12.7. The van der Waals surface area contributed by atoms with E-state index in [0.717, 1.165) is 12.1 Å². The Balaban J connectivity index is 1.88. The van der Waals surface area contributed by atoms with Crippen LogP contribution in [0.1, 0.15) is 23.6 Å². The van der Waals surface area contributed by atoms with Crippen LogP contribution in [0.15, 0.2) is 42.5 Å². The molecule has 0 heterocycles. The van der Waals surface area contributed by atoms with E-state index in [0.29, 0.717) is 23.7 Å². The molecule has 0 atom stereocenters. The van der Waals surface area contributed by atoms with Crippen LogP contribution < -0.4 is 14.8 Å². The lowest BCUT2D eigenvalue weighted by atomic mass is 10.1. The Morgan fingerprint density at radius 1 is 1.10 bits per heavy atom. The smallest absolute Gasteiger partial charge is 0.416 e. The van der Waals surface area contributed by atoms with Crippen molar-refractivity contribution in [1.82, 2.24) is 5.32 Å². The summed E-state index contributed by atoms with van der Waals surface area (Å²) in [6, 6.07) is 11.2. The second-order valence-corrected chi connectivity index (χ2v) is 5.65. The van der Waals surface area contributed by atoms with Crippen LogP contribution >= 0.6 is 0 Å². The number of nitrogens with zero attached hydrogens (tertiary/aromatic N) is 1. The number of alkyl halides is 3. The van der Waals surface area contributed by atoms with Crippen molar-refractivity contribution in [3.63, 3.8) is 0 Å². The fourth-order valence-corrected chi connectivity index (χ4v) is 2.22. The second-order valence-electron chi connectivity index (χ2n) is 5.65. The maximum atomic E-state index is 12.7. The third kappa shape index (κ3) is 6.78. The summed E-state index contributed by atoms with van der Waals surface area (Å²) in [5.41, 5.74) is -0.186. The highest BCUT2D eigenvalue weighted by atomic mass is 19.4. The maximum Gasteiger partial charge on any atom is 0.416 e. The van der Waals surface area contributed by atoms with Crippen molar-refractivity contribution in [3.05, 3.63) is 59.2 Å². The molecule has 0 saturated heterocycles. The highest BCUT2D eigenvalue weighted by Crippen LogP contribution is 2.29. The molecule has 0 aliphatic carbocycles. The number of hydrogen-bond acceptors (Lipinski definition) is 4. The second kappa shape index (κ2) is 10.0. The summed E-state index contributed by atoms with van der Waals surface area (Å²) in [6.45, 7) is 1.78. The minimum absolute atomic E-state index is 0.0515. The first kappa shape index (κ1) is 21.6. The van der Waals surface area contributed by atoms with Crippen molar-refractivity contribution in [1.29, 1.82) is 5.26 Å². The van der Waals surface area contributed by atoms with Crippen LogP contribution in [0.3, 0.4) is 0 Å². The Labute approximate surface area is 166 Å². The summed E-state index contributed by atoms with van der Waals surface area (Å²) in [7, 11) is 0. The zero-order chi connectivity index (χ0) is 21.3. The van der Waals surface area contributed by atoms with Gasteiger partial charge in [-0.25, -0.2) is 0 Å². The number of carbonyl (C=O) groups excluding carboxylic acids is 1. The monoisotopic (exact) mass is 402 g/mol. The summed E-state index contributed by atoms with van der Waals surface area (Å²) in [5, 5.41) is 11.4. The molecule has 0 fully saturated rings. The van der Waals surface area contributed by atoms with Gasteiger partial charge in [0.15, 0.2) is 18.1 Å². The summed E-state index contributed by atoms with van der Waals surface area (Å²) in [4.78, 5) is 11.9. The quantitative estimate of drug-likeness (QED) is 0.751. The number of rotatable bonds is 6. The number of benzene rings is 2. The molecule has 0 spiro atoms. The normalized spacial score (nSPS) is 10.3. The van der Waals surface area contributed by atoms with Crippen molar-refractivity contribution < 1.29 is 27.4 Å². The van der Waals surface area contributed by atoms with Crippen molar-refractivity contribution in [2.24, 2.45) is 0 Å². The Hall–Kier alpha value is -3.65. The molecule has 5 nitrogen and oxygen atoms in total. The fraction of sp³-hybridized carbons (Fsp3) is 0.238. The molecule has 2 rings (SSSR count). The average Bonchev–Trinajstić information content (AvgIpc) is 2.70. The third-order valence-corrected chi connectivity index (χ3v) is 3.53. The van der Waals surface area contributed by atoms with Crippen molar-refractivity contribution in [2.75, 3.05) is 19.8 Å². The van der Waals surface area contributed by atoms with E-state index in [1.807, 2.05) is 6.07 Å². The predicted octanol–water partition coefficient (Wildman–Crippen LogP) is 3.52. The number of nitriles is 1. The topological polar surface area (TPSA) is 71.3 Å². The number of nitrogens with one attached hydrogen (secondary N) is 1. The molecule has 2 aromatic carbocycles. The van der Waals surface area contributed by atoms with Gasteiger partial charge in [0.1, 0.15) is 0 Å². The lowest BCUT2D eigenvalue weighted by Crippen LogP contribution is -2.29. The fourth-order valence-electron chi connectivity index (χ4n) is 2.22. The molecule has 2 aromatic rings. The van der Waals surface area contributed by atoms with E-state index >= 15 is 0 Å². The van der Waals surface area contributed by atoms with E-state index in [1.54, 1.807) is 6.92 Å². The van der Waals surface area contributed by atoms with Crippen molar-refractivity contribution >= 4 is 5.91 Å². The van der Waals surface area contributed by atoms with Crippen LogP contribution in [0.2, 0.25) is 0 Å². The first-order valence-electron chi connectivity index (χ1n) is 8.56.